The molecule has 45 heavy (non-hydrogen) atoms. The Kier molecular flexibility index (Phi) is 11.3. The zero-order valence-corrected chi connectivity index (χ0v) is 23.7. The first-order chi connectivity index (χ1) is 21.0. The summed E-state index contributed by atoms with van der Waals surface area (Å²) in [5, 5.41) is 18.5. The Hall–Kier alpha value is -4.51. The third-order valence-electron chi connectivity index (χ3n) is 6.78. The largest absolute Gasteiger partial charge is 0.490 e. The van der Waals surface area contributed by atoms with Gasteiger partial charge in [-0.3, -0.25) is 19.4 Å². The van der Waals surface area contributed by atoms with Crippen molar-refractivity contribution >= 4 is 17.8 Å². The van der Waals surface area contributed by atoms with Gasteiger partial charge < -0.3 is 19.8 Å². The molecule has 0 aliphatic carbocycles. The number of aliphatic carboxylic acids is 2. The number of nitrogens with zero attached hydrogens (tertiary/aromatic N) is 5. The van der Waals surface area contributed by atoms with Crippen molar-refractivity contribution in [2.45, 2.75) is 37.0 Å². The number of hydrogen-bond donors (Lipinski definition) is 2. The van der Waals surface area contributed by atoms with Gasteiger partial charge in [0.2, 0.25) is 0 Å². The van der Waals surface area contributed by atoms with E-state index in [1.165, 1.54) is 0 Å². The van der Waals surface area contributed by atoms with Crippen LogP contribution in [0.1, 0.15) is 22.6 Å². The number of morpholine rings is 1. The number of carboxylic acids is 2. The van der Waals surface area contributed by atoms with Crippen LogP contribution < -0.4 is 0 Å². The number of benzene rings is 1. The van der Waals surface area contributed by atoms with E-state index < -0.39 is 29.9 Å². The molecule has 0 radical (unpaired) electrons. The molecule has 0 saturated carbocycles. The molecule has 3 aromatic rings. The molecule has 2 aliphatic heterocycles. The van der Waals surface area contributed by atoms with Gasteiger partial charge in [0.15, 0.2) is 5.60 Å². The molecule has 2 unspecified atom stereocenters. The van der Waals surface area contributed by atoms with Crippen molar-refractivity contribution in [1.82, 2.24) is 24.6 Å². The summed E-state index contributed by atoms with van der Waals surface area (Å²) in [5.74, 6) is -5.51. The highest BCUT2D eigenvalue weighted by atomic mass is 19.4. The van der Waals surface area contributed by atoms with Crippen molar-refractivity contribution in [2.75, 3.05) is 26.2 Å². The zero-order valence-electron chi connectivity index (χ0n) is 23.7. The van der Waals surface area contributed by atoms with E-state index in [2.05, 4.69) is 33.2 Å². The van der Waals surface area contributed by atoms with Gasteiger partial charge in [0, 0.05) is 69.8 Å². The number of aromatic nitrogens is 3. The molecule has 2 saturated heterocycles. The second kappa shape index (κ2) is 14.5. The van der Waals surface area contributed by atoms with Crippen molar-refractivity contribution in [3.05, 3.63) is 83.9 Å². The van der Waals surface area contributed by atoms with E-state index in [-0.39, 0.29) is 11.8 Å². The van der Waals surface area contributed by atoms with Crippen LogP contribution in [0, 0.1) is 0 Å². The first-order valence-electron chi connectivity index (χ1n) is 13.2. The van der Waals surface area contributed by atoms with Gasteiger partial charge >= 0.3 is 24.3 Å². The first-order valence-corrected chi connectivity index (χ1v) is 13.2. The molecule has 1 amide bonds. The van der Waals surface area contributed by atoms with Crippen LogP contribution in [0.4, 0.5) is 26.3 Å². The second-order valence-electron chi connectivity index (χ2n) is 10.1. The number of ether oxygens (including phenoxy) is 1. The van der Waals surface area contributed by atoms with Gasteiger partial charge in [-0.2, -0.15) is 31.4 Å². The number of rotatable bonds is 5. The van der Waals surface area contributed by atoms with E-state index in [0.717, 1.165) is 29.8 Å². The lowest BCUT2D eigenvalue weighted by molar-refractivity contribution is -0.193. The lowest BCUT2D eigenvalue weighted by atomic mass is 9.83. The molecule has 2 atom stereocenters. The van der Waals surface area contributed by atoms with Gasteiger partial charge in [0.25, 0.3) is 5.91 Å². The second-order valence-corrected chi connectivity index (χ2v) is 10.1. The Morgan fingerprint density at radius 1 is 0.956 bits per heavy atom. The van der Waals surface area contributed by atoms with Crippen molar-refractivity contribution in [1.29, 1.82) is 0 Å². The molecular weight excluding hydrogens is 616 g/mol. The molecule has 1 aromatic carbocycles. The van der Waals surface area contributed by atoms with E-state index in [1.54, 1.807) is 6.20 Å². The highest BCUT2D eigenvalue weighted by Crippen LogP contribution is 2.42. The number of carbonyl (C=O) groups is 3. The van der Waals surface area contributed by atoms with Crippen LogP contribution in [-0.4, -0.2) is 96.8 Å². The molecule has 1 spiro atoms. The highest BCUT2D eigenvalue weighted by Gasteiger charge is 2.57. The maximum atomic E-state index is 13.9. The Labute approximate surface area is 252 Å². The van der Waals surface area contributed by atoms with Crippen LogP contribution in [0.15, 0.2) is 67.3 Å². The zero-order chi connectivity index (χ0) is 33.4. The molecule has 2 fully saturated rings. The molecule has 5 rings (SSSR count). The quantitative estimate of drug-likeness (QED) is 0.400. The Bertz CT molecular complexity index is 1410. The topological polar surface area (TPSA) is 138 Å². The van der Waals surface area contributed by atoms with Crippen molar-refractivity contribution in [3.63, 3.8) is 0 Å². The number of pyridine rings is 1. The summed E-state index contributed by atoms with van der Waals surface area (Å²) in [6, 6.07) is 14.1. The van der Waals surface area contributed by atoms with Crippen LogP contribution in [0.2, 0.25) is 0 Å². The van der Waals surface area contributed by atoms with Crippen LogP contribution in [0.5, 0.6) is 0 Å². The molecule has 11 nitrogen and oxygen atoms in total. The minimum absolute atomic E-state index is 0.0658. The summed E-state index contributed by atoms with van der Waals surface area (Å²) in [4.78, 5) is 40.2. The lowest BCUT2D eigenvalue weighted by Crippen LogP contribution is -2.59. The minimum atomic E-state index is -5.08. The summed E-state index contributed by atoms with van der Waals surface area (Å²) >= 11 is 0. The normalized spacial score (nSPS) is 20.2. The maximum Gasteiger partial charge on any atom is 0.490 e. The number of alkyl halides is 6. The summed E-state index contributed by atoms with van der Waals surface area (Å²) in [6.45, 7) is 3.79. The number of likely N-dealkylation sites (tertiary alicyclic amines) is 1. The van der Waals surface area contributed by atoms with Crippen molar-refractivity contribution in [2.24, 2.45) is 7.05 Å². The standard InChI is InChI=1S/C24H27N5O2.2C2HF3O2/c1-27-14-20(12-26-27)15-28-17-22(21-8-5-9-25-13-21)24(18-28)23(30)29(10-11-31-24)16-19-6-3-2-4-7-19;2*3-2(4,5)1(6)7/h2-9,12-14,22H,10-11,15-18H2,1H3;2*(H,6,7). The predicted molar refractivity (Wildman–Crippen MR) is 143 cm³/mol. The maximum absolute atomic E-state index is 13.9. The SMILES string of the molecule is Cn1cc(CN2CC(c3cccnc3)C3(C2)OCCN(Cc2ccccc2)C3=O)cn1.O=C(O)C(F)(F)F.O=C(O)C(F)(F)F. The summed E-state index contributed by atoms with van der Waals surface area (Å²) in [5.41, 5.74) is 2.43. The van der Waals surface area contributed by atoms with E-state index in [0.29, 0.717) is 26.2 Å². The van der Waals surface area contributed by atoms with E-state index in [1.807, 2.05) is 59.5 Å². The van der Waals surface area contributed by atoms with E-state index in [4.69, 9.17) is 24.5 Å². The van der Waals surface area contributed by atoms with Crippen molar-refractivity contribution < 1.29 is 55.7 Å². The van der Waals surface area contributed by atoms with Crippen molar-refractivity contribution in [3.8, 4) is 0 Å². The fourth-order valence-corrected chi connectivity index (χ4v) is 4.89. The van der Waals surface area contributed by atoms with Gasteiger partial charge in [-0.15, -0.1) is 0 Å². The van der Waals surface area contributed by atoms with Crippen LogP contribution in [0.25, 0.3) is 0 Å². The Morgan fingerprint density at radius 3 is 2.09 bits per heavy atom. The molecule has 4 heterocycles. The third kappa shape index (κ3) is 9.49. The third-order valence-corrected chi connectivity index (χ3v) is 6.78. The predicted octanol–water partition coefficient (Wildman–Crippen LogP) is 3.48. The molecule has 2 aliphatic rings. The van der Waals surface area contributed by atoms with Crippen LogP contribution in [0.3, 0.4) is 0 Å². The van der Waals surface area contributed by atoms with Crippen LogP contribution in [-0.2, 0) is 39.3 Å². The number of hydrogen-bond acceptors (Lipinski definition) is 7. The van der Waals surface area contributed by atoms with Gasteiger partial charge in [0.1, 0.15) is 0 Å². The molecule has 2 aromatic heterocycles. The number of halogens is 6. The highest BCUT2D eigenvalue weighted by molar-refractivity contribution is 5.88. The number of carbonyl (C=O) groups excluding carboxylic acids is 1. The Morgan fingerprint density at radius 2 is 1.58 bits per heavy atom. The minimum Gasteiger partial charge on any atom is -0.475 e. The smallest absolute Gasteiger partial charge is 0.475 e. The number of amides is 1. The average molecular weight is 646 g/mol. The van der Waals surface area contributed by atoms with E-state index in [9.17, 15) is 31.1 Å². The molecule has 244 valence electrons. The van der Waals surface area contributed by atoms with Crippen LogP contribution >= 0.6 is 0 Å². The van der Waals surface area contributed by atoms with Gasteiger partial charge in [-0.25, -0.2) is 9.59 Å². The van der Waals surface area contributed by atoms with Gasteiger partial charge in [-0.1, -0.05) is 36.4 Å². The molecular formula is C28H29F6N5O6. The Balaban J connectivity index is 0.000000331. The fourth-order valence-electron chi connectivity index (χ4n) is 4.89. The molecule has 0 bridgehead atoms. The monoisotopic (exact) mass is 645 g/mol. The first kappa shape index (κ1) is 35.0. The molecule has 17 heteroatoms. The summed E-state index contributed by atoms with van der Waals surface area (Å²) in [7, 11) is 1.92. The lowest BCUT2D eigenvalue weighted by Gasteiger charge is -2.42. The fraction of sp³-hybridized carbons (Fsp3) is 0.393. The number of carboxylic acid groups (broad SMARTS) is 2. The van der Waals surface area contributed by atoms with E-state index >= 15 is 0 Å². The summed E-state index contributed by atoms with van der Waals surface area (Å²) < 4.78 is 71.6. The molecule has 2 N–H and O–H groups in total. The number of aryl methyl sites for hydroxylation is 1. The van der Waals surface area contributed by atoms with Gasteiger partial charge in [0.05, 0.1) is 12.8 Å². The summed E-state index contributed by atoms with van der Waals surface area (Å²) in [6.07, 6.45) is -2.62. The average Bonchev–Trinajstić information content (AvgIpc) is 3.55. The van der Waals surface area contributed by atoms with Gasteiger partial charge in [-0.05, 0) is 17.2 Å².